The van der Waals surface area contributed by atoms with Crippen molar-refractivity contribution in [3.63, 3.8) is 0 Å². The summed E-state index contributed by atoms with van der Waals surface area (Å²) in [6, 6.07) is 6.34. The zero-order chi connectivity index (χ0) is 14.7. The van der Waals surface area contributed by atoms with E-state index in [0.29, 0.717) is 17.3 Å². The van der Waals surface area contributed by atoms with Gasteiger partial charge in [-0.05, 0) is 25.1 Å². The number of hydrogen-bond donors (Lipinski definition) is 1. The highest BCUT2D eigenvalue weighted by molar-refractivity contribution is 7.99. The Labute approximate surface area is 126 Å². The number of aliphatic hydroxyl groups is 1. The average Bonchev–Trinajstić information content (AvgIpc) is 2.63. The molecular weight excluding hydrogens is 299 g/mol. The third kappa shape index (κ3) is 3.75. The number of rotatable bonds is 5. The quantitative estimate of drug-likeness (QED) is 0.861. The molecule has 0 spiro atoms. The molecule has 0 radical (unpaired) electrons. The highest BCUT2D eigenvalue weighted by Gasteiger charge is 2.15. The van der Waals surface area contributed by atoms with E-state index in [2.05, 4.69) is 5.10 Å². The van der Waals surface area contributed by atoms with E-state index in [4.69, 9.17) is 11.6 Å². The largest absolute Gasteiger partial charge is 0.392 e. The predicted molar refractivity (Wildman–Crippen MR) is 79.8 cm³/mol. The molecule has 1 aromatic carbocycles. The molecule has 1 N–H and O–H groups in total. The minimum absolute atomic E-state index is 0.268. The summed E-state index contributed by atoms with van der Waals surface area (Å²) in [5.41, 5.74) is 1.69. The second kappa shape index (κ2) is 6.61. The summed E-state index contributed by atoms with van der Waals surface area (Å²) >= 11 is 7.55. The zero-order valence-corrected chi connectivity index (χ0v) is 12.9. The van der Waals surface area contributed by atoms with E-state index in [1.807, 2.05) is 13.0 Å². The molecule has 108 valence electrons. The van der Waals surface area contributed by atoms with Crippen LogP contribution in [0.5, 0.6) is 0 Å². The number of aliphatic hydroxyl groups excluding tert-OH is 1. The molecule has 1 atom stereocenters. The fraction of sp³-hybridized carbons (Fsp3) is 0.357. The van der Waals surface area contributed by atoms with Gasteiger partial charge in [-0.2, -0.15) is 5.10 Å². The van der Waals surface area contributed by atoms with Gasteiger partial charge in [0.05, 0.1) is 11.8 Å². The number of nitrogens with zero attached hydrogens (tertiary/aromatic N) is 2. The summed E-state index contributed by atoms with van der Waals surface area (Å²) in [6.07, 6.45) is -0.107. The fourth-order valence-electron chi connectivity index (χ4n) is 1.95. The molecule has 2 aromatic rings. The van der Waals surface area contributed by atoms with Gasteiger partial charge in [0.15, 0.2) is 0 Å². The lowest BCUT2D eigenvalue weighted by molar-refractivity contribution is 0.200. The molecule has 0 amide bonds. The lowest BCUT2D eigenvalue weighted by Crippen LogP contribution is -2.14. The van der Waals surface area contributed by atoms with Crippen molar-refractivity contribution in [2.45, 2.75) is 24.3 Å². The van der Waals surface area contributed by atoms with Gasteiger partial charge in [-0.3, -0.25) is 4.68 Å². The van der Waals surface area contributed by atoms with E-state index < -0.39 is 6.10 Å². The van der Waals surface area contributed by atoms with Crippen molar-refractivity contribution >= 4 is 23.4 Å². The van der Waals surface area contributed by atoms with Crippen LogP contribution >= 0.6 is 23.4 Å². The lowest BCUT2D eigenvalue weighted by Gasteiger charge is -2.10. The van der Waals surface area contributed by atoms with E-state index in [1.54, 1.807) is 17.8 Å². The number of halogens is 2. The van der Waals surface area contributed by atoms with Crippen LogP contribution in [-0.2, 0) is 13.5 Å². The topological polar surface area (TPSA) is 38.0 Å². The Morgan fingerprint density at radius 2 is 2.25 bits per heavy atom. The Hall–Kier alpha value is -1.04. The average molecular weight is 315 g/mol. The first-order valence-corrected chi connectivity index (χ1v) is 7.58. The molecule has 0 aliphatic carbocycles. The second-order valence-corrected chi connectivity index (χ2v) is 6.06. The molecule has 1 aromatic heterocycles. The summed E-state index contributed by atoms with van der Waals surface area (Å²) in [4.78, 5) is 0.804. The van der Waals surface area contributed by atoms with Crippen molar-refractivity contribution in [3.05, 3.63) is 46.5 Å². The van der Waals surface area contributed by atoms with E-state index in [9.17, 15) is 9.50 Å². The van der Waals surface area contributed by atoms with Crippen LogP contribution in [-0.4, -0.2) is 26.7 Å². The number of hydrogen-bond acceptors (Lipinski definition) is 3. The second-order valence-electron chi connectivity index (χ2n) is 4.60. The molecule has 0 fully saturated rings. The Bertz CT molecular complexity index is 603. The van der Waals surface area contributed by atoms with Gasteiger partial charge < -0.3 is 5.11 Å². The third-order valence-corrected chi connectivity index (χ3v) is 4.56. The van der Waals surface area contributed by atoms with Crippen molar-refractivity contribution < 1.29 is 9.50 Å². The van der Waals surface area contributed by atoms with Crippen LogP contribution in [0.2, 0.25) is 5.15 Å². The first-order valence-electron chi connectivity index (χ1n) is 6.21. The Morgan fingerprint density at radius 3 is 2.85 bits per heavy atom. The summed E-state index contributed by atoms with van der Waals surface area (Å²) in [7, 11) is 1.77. The standard InChI is InChI=1S/C14H16ClFN2OS/c1-9-13(14(15)18(2)17-9)7-11(19)8-20-12-5-3-4-10(16)6-12/h3-6,11,19H,7-8H2,1-2H3. The Morgan fingerprint density at radius 1 is 1.50 bits per heavy atom. The lowest BCUT2D eigenvalue weighted by atomic mass is 10.1. The number of aryl methyl sites for hydroxylation is 2. The summed E-state index contributed by atoms with van der Waals surface area (Å²) in [5, 5.41) is 14.8. The van der Waals surface area contributed by atoms with Crippen LogP contribution in [0, 0.1) is 12.7 Å². The normalized spacial score (nSPS) is 12.7. The van der Waals surface area contributed by atoms with Crippen LogP contribution in [0.3, 0.4) is 0 Å². The molecule has 1 heterocycles. The van der Waals surface area contributed by atoms with Gasteiger partial charge in [0.25, 0.3) is 0 Å². The van der Waals surface area contributed by atoms with Crippen LogP contribution in [0.25, 0.3) is 0 Å². The highest BCUT2D eigenvalue weighted by Crippen LogP contribution is 2.24. The SMILES string of the molecule is Cc1nn(C)c(Cl)c1CC(O)CSc1cccc(F)c1. The molecule has 20 heavy (non-hydrogen) atoms. The van der Waals surface area contributed by atoms with E-state index in [-0.39, 0.29) is 5.82 Å². The van der Waals surface area contributed by atoms with Crippen molar-refractivity contribution in [1.82, 2.24) is 9.78 Å². The number of aromatic nitrogens is 2. The van der Waals surface area contributed by atoms with Crippen LogP contribution in [0.4, 0.5) is 4.39 Å². The van der Waals surface area contributed by atoms with Gasteiger partial charge >= 0.3 is 0 Å². The van der Waals surface area contributed by atoms with Gasteiger partial charge in [0.2, 0.25) is 0 Å². The Kier molecular flexibility index (Phi) is 5.07. The molecule has 3 nitrogen and oxygen atoms in total. The maximum absolute atomic E-state index is 13.0. The molecule has 1 unspecified atom stereocenters. The summed E-state index contributed by atoms with van der Waals surface area (Å²) < 4.78 is 14.6. The summed E-state index contributed by atoms with van der Waals surface area (Å²) in [5.74, 6) is 0.212. The molecule has 0 aliphatic rings. The molecule has 0 saturated carbocycles. The molecule has 0 saturated heterocycles. The van der Waals surface area contributed by atoms with Crippen molar-refractivity contribution in [1.29, 1.82) is 0 Å². The van der Waals surface area contributed by atoms with Gasteiger partial charge in [0, 0.05) is 29.7 Å². The first-order chi connectivity index (χ1) is 9.47. The summed E-state index contributed by atoms with van der Waals surface area (Å²) in [6.45, 7) is 1.87. The first kappa shape index (κ1) is 15.4. The fourth-order valence-corrected chi connectivity index (χ4v) is 3.07. The van der Waals surface area contributed by atoms with Crippen LogP contribution in [0.1, 0.15) is 11.3 Å². The van der Waals surface area contributed by atoms with Crippen LogP contribution < -0.4 is 0 Å². The molecule has 6 heteroatoms. The van der Waals surface area contributed by atoms with Gasteiger partial charge in [-0.15, -0.1) is 11.8 Å². The monoisotopic (exact) mass is 314 g/mol. The molecule has 0 aliphatic heterocycles. The number of thioether (sulfide) groups is 1. The molecule has 0 bridgehead atoms. The van der Waals surface area contributed by atoms with E-state index >= 15 is 0 Å². The zero-order valence-electron chi connectivity index (χ0n) is 11.3. The van der Waals surface area contributed by atoms with Gasteiger partial charge in [-0.1, -0.05) is 17.7 Å². The minimum atomic E-state index is -0.552. The van der Waals surface area contributed by atoms with Gasteiger partial charge in [0.1, 0.15) is 11.0 Å². The highest BCUT2D eigenvalue weighted by atomic mass is 35.5. The predicted octanol–water partition coefficient (Wildman–Crippen LogP) is 3.22. The Balaban J connectivity index is 1.94. The van der Waals surface area contributed by atoms with Crippen molar-refractivity contribution in [2.75, 3.05) is 5.75 Å². The maximum atomic E-state index is 13.0. The molecular formula is C14H16ClFN2OS. The van der Waals surface area contributed by atoms with E-state index in [0.717, 1.165) is 16.2 Å². The van der Waals surface area contributed by atoms with Crippen molar-refractivity contribution in [3.8, 4) is 0 Å². The van der Waals surface area contributed by atoms with Crippen molar-refractivity contribution in [2.24, 2.45) is 7.05 Å². The van der Waals surface area contributed by atoms with Crippen LogP contribution in [0.15, 0.2) is 29.2 Å². The maximum Gasteiger partial charge on any atom is 0.130 e. The third-order valence-electron chi connectivity index (χ3n) is 2.95. The van der Waals surface area contributed by atoms with Gasteiger partial charge in [-0.25, -0.2) is 4.39 Å². The number of benzene rings is 1. The van der Waals surface area contributed by atoms with E-state index in [1.165, 1.54) is 23.9 Å². The molecule has 2 rings (SSSR count). The smallest absolute Gasteiger partial charge is 0.130 e. The minimum Gasteiger partial charge on any atom is -0.392 e.